The molecule has 0 aromatic carbocycles. The van der Waals surface area contributed by atoms with Crippen LogP contribution in [0.4, 0.5) is 0 Å². The third kappa shape index (κ3) is 4.05. The second-order valence-corrected chi connectivity index (χ2v) is 5.85. The minimum absolute atomic E-state index is 0.719. The van der Waals surface area contributed by atoms with E-state index >= 15 is 0 Å². The molecular formula is C15H27N3O. The first-order valence-electron chi connectivity index (χ1n) is 7.41. The van der Waals surface area contributed by atoms with Gasteiger partial charge in [-0.05, 0) is 25.8 Å². The summed E-state index contributed by atoms with van der Waals surface area (Å²) in [5.41, 5.74) is 1.30. The molecule has 19 heavy (non-hydrogen) atoms. The molecule has 2 rings (SSSR count). The van der Waals surface area contributed by atoms with E-state index in [2.05, 4.69) is 30.2 Å². The van der Waals surface area contributed by atoms with Gasteiger partial charge in [0.25, 0.3) is 0 Å². The van der Waals surface area contributed by atoms with E-state index in [1.807, 2.05) is 10.9 Å². The van der Waals surface area contributed by atoms with Crippen molar-refractivity contribution in [2.45, 2.75) is 51.7 Å². The minimum atomic E-state index is 0.719. The number of ether oxygens (including phenoxy) is 1. The van der Waals surface area contributed by atoms with E-state index in [0.717, 1.165) is 31.7 Å². The second kappa shape index (κ2) is 7.06. The van der Waals surface area contributed by atoms with Gasteiger partial charge in [0.15, 0.2) is 0 Å². The van der Waals surface area contributed by atoms with E-state index in [4.69, 9.17) is 4.74 Å². The van der Waals surface area contributed by atoms with Crippen molar-refractivity contribution in [2.24, 2.45) is 5.92 Å². The van der Waals surface area contributed by atoms with Gasteiger partial charge in [0.2, 0.25) is 0 Å². The molecule has 4 nitrogen and oxygen atoms in total. The van der Waals surface area contributed by atoms with E-state index < -0.39 is 0 Å². The van der Waals surface area contributed by atoms with E-state index in [-0.39, 0.29) is 0 Å². The molecule has 2 unspecified atom stereocenters. The smallest absolute Gasteiger partial charge is 0.0658 e. The highest BCUT2D eigenvalue weighted by molar-refractivity contribution is 5.04. The van der Waals surface area contributed by atoms with Crippen molar-refractivity contribution in [3.05, 3.63) is 18.0 Å². The average molecular weight is 265 g/mol. The van der Waals surface area contributed by atoms with E-state index in [9.17, 15) is 0 Å². The Labute approximate surface area is 116 Å². The topological polar surface area (TPSA) is 30.3 Å². The van der Waals surface area contributed by atoms with Gasteiger partial charge in [0.1, 0.15) is 0 Å². The Morgan fingerprint density at radius 3 is 2.95 bits per heavy atom. The summed E-state index contributed by atoms with van der Waals surface area (Å²) in [4.78, 5) is 2.50. The van der Waals surface area contributed by atoms with Crippen molar-refractivity contribution in [1.29, 1.82) is 0 Å². The first-order valence-corrected chi connectivity index (χ1v) is 7.41. The van der Waals surface area contributed by atoms with Gasteiger partial charge in [0, 0.05) is 31.5 Å². The van der Waals surface area contributed by atoms with Crippen LogP contribution in [0.3, 0.4) is 0 Å². The van der Waals surface area contributed by atoms with Crippen LogP contribution in [0.1, 0.15) is 38.2 Å². The molecule has 1 aliphatic rings. The summed E-state index contributed by atoms with van der Waals surface area (Å²) in [6.07, 6.45) is 9.63. The monoisotopic (exact) mass is 265 g/mol. The van der Waals surface area contributed by atoms with Crippen molar-refractivity contribution in [3.63, 3.8) is 0 Å². The molecule has 0 aliphatic heterocycles. The van der Waals surface area contributed by atoms with Crippen molar-refractivity contribution >= 4 is 0 Å². The van der Waals surface area contributed by atoms with Crippen LogP contribution in [0.25, 0.3) is 0 Å². The number of nitrogens with zero attached hydrogens (tertiary/aromatic N) is 3. The molecule has 0 bridgehead atoms. The quantitative estimate of drug-likeness (QED) is 0.792. The van der Waals surface area contributed by atoms with Gasteiger partial charge in [-0.25, -0.2) is 0 Å². The number of hydrogen-bond acceptors (Lipinski definition) is 3. The van der Waals surface area contributed by atoms with Crippen LogP contribution in [0.2, 0.25) is 0 Å². The molecule has 0 radical (unpaired) electrons. The van der Waals surface area contributed by atoms with Crippen LogP contribution < -0.4 is 0 Å². The Morgan fingerprint density at radius 2 is 2.21 bits per heavy atom. The maximum Gasteiger partial charge on any atom is 0.0658 e. The standard InChI is InChI=1S/C15H27N3O/c1-13-6-4-5-7-15(13)17(2)11-14-10-16-18(12-14)8-9-19-3/h10,12-13,15H,4-9,11H2,1-3H3. The summed E-state index contributed by atoms with van der Waals surface area (Å²) in [7, 11) is 3.97. The minimum Gasteiger partial charge on any atom is -0.383 e. The number of aromatic nitrogens is 2. The third-order valence-electron chi connectivity index (χ3n) is 4.28. The highest BCUT2D eigenvalue weighted by Crippen LogP contribution is 2.28. The zero-order valence-electron chi connectivity index (χ0n) is 12.5. The van der Waals surface area contributed by atoms with Gasteiger partial charge >= 0.3 is 0 Å². The van der Waals surface area contributed by atoms with Gasteiger partial charge < -0.3 is 4.74 Å². The lowest BCUT2D eigenvalue weighted by Gasteiger charge is -2.36. The average Bonchev–Trinajstić information content (AvgIpc) is 2.84. The molecule has 108 valence electrons. The molecule has 1 aromatic rings. The van der Waals surface area contributed by atoms with Crippen molar-refractivity contribution in [3.8, 4) is 0 Å². The third-order valence-corrected chi connectivity index (χ3v) is 4.28. The summed E-state index contributed by atoms with van der Waals surface area (Å²) in [6, 6.07) is 0.732. The Bertz CT molecular complexity index is 377. The zero-order chi connectivity index (χ0) is 13.7. The predicted octanol–water partition coefficient (Wildman–Crippen LogP) is 2.54. The fraction of sp³-hybridized carbons (Fsp3) is 0.800. The van der Waals surface area contributed by atoms with E-state index in [1.54, 1.807) is 7.11 Å². The van der Waals surface area contributed by atoms with Crippen molar-refractivity contribution in [1.82, 2.24) is 14.7 Å². The molecule has 1 aromatic heterocycles. The lowest BCUT2D eigenvalue weighted by molar-refractivity contribution is 0.133. The highest BCUT2D eigenvalue weighted by atomic mass is 16.5. The normalized spacial score (nSPS) is 24.0. The summed E-state index contributed by atoms with van der Waals surface area (Å²) in [6.45, 7) is 4.95. The van der Waals surface area contributed by atoms with Crippen molar-refractivity contribution < 1.29 is 4.74 Å². The molecule has 4 heteroatoms. The molecule has 1 fully saturated rings. The van der Waals surface area contributed by atoms with Gasteiger partial charge in [-0.1, -0.05) is 19.8 Å². The van der Waals surface area contributed by atoms with Crippen LogP contribution in [0.5, 0.6) is 0 Å². The Morgan fingerprint density at radius 1 is 1.42 bits per heavy atom. The first-order chi connectivity index (χ1) is 9.20. The van der Waals surface area contributed by atoms with Crippen LogP contribution in [0, 0.1) is 5.92 Å². The fourth-order valence-electron chi connectivity index (χ4n) is 3.15. The van der Waals surface area contributed by atoms with E-state index in [1.165, 1.54) is 31.2 Å². The molecule has 0 saturated heterocycles. The maximum absolute atomic E-state index is 5.07. The molecule has 0 spiro atoms. The summed E-state index contributed by atoms with van der Waals surface area (Å²) >= 11 is 0. The predicted molar refractivity (Wildman–Crippen MR) is 77.0 cm³/mol. The lowest BCUT2D eigenvalue weighted by atomic mass is 9.85. The molecule has 0 amide bonds. The summed E-state index contributed by atoms with van der Waals surface area (Å²) in [5, 5.41) is 4.38. The highest BCUT2D eigenvalue weighted by Gasteiger charge is 2.24. The number of methoxy groups -OCH3 is 1. The van der Waals surface area contributed by atoms with E-state index in [0.29, 0.717) is 0 Å². The Kier molecular flexibility index (Phi) is 5.40. The zero-order valence-corrected chi connectivity index (χ0v) is 12.5. The fourth-order valence-corrected chi connectivity index (χ4v) is 3.15. The number of hydrogen-bond donors (Lipinski definition) is 0. The maximum atomic E-state index is 5.07. The molecule has 1 heterocycles. The van der Waals surface area contributed by atoms with Crippen LogP contribution in [-0.4, -0.2) is 41.5 Å². The molecule has 2 atom stereocenters. The largest absolute Gasteiger partial charge is 0.383 e. The van der Waals surface area contributed by atoms with Crippen molar-refractivity contribution in [2.75, 3.05) is 20.8 Å². The molecular weight excluding hydrogens is 238 g/mol. The van der Waals surface area contributed by atoms with Gasteiger partial charge in [-0.15, -0.1) is 0 Å². The van der Waals surface area contributed by atoms with Crippen LogP contribution in [-0.2, 0) is 17.8 Å². The van der Waals surface area contributed by atoms with Gasteiger partial charge in [0.05, 0.1) is 19.3 Å². The molecule has 1 aliphatic carbocycles. The summed E-state index contributed by atoms with van der Waals surface area (Å²) in [5.74, 6) is 0.822. The van der Waals surface area contributed by atoms with Gasteiger partial charge in [-0.2, -0.15) is 5.10 Å². The first kappa shape index (κ1) is 14.5. The Hall–Kier alpha value is -0.870. The van der Waals surface area contributed by atoms with Crippen LogP contribution in [0.15, 0.2) is 12.4 Å². The van der Waals surface area contributed by atoms with Gasteiger partial charge in [-0.3, -0.25) is 9.58 Å². The SMILES string of the molecule is COCCn1cc(CN(C)C2CCCCC2C)cn1. The second-order valence-electron chi connectivity index (χ2n) is 5.85. The lowest BCUT2D eigenvalue weighted by Crippen LogP contribution is -2.38. The summed E-state index contributed by atoms with van der Waals surface area (Å²) < 4.78 is 7.04. The van der Waals surface area contributed by atoms with Crippen LogP contribution >= 0.6 is 0 Å². The molecule has 1 saturated carbocycles. The Balaban J connectivity index is 1.87. The number of rotatable bonds is 6. The molecule has 0 N–H and O–H groups in total.